The molecule has 3 N–H and O–H groups in total. The van der Waals surface area contributed by atoms with Crippen molar-refractivity contribution >= 4 is 38.2 Å². The first-order valence-corrected chi connectivity index (χ1v) is 10.6. The molecule has 0 aliphatic rings. The molecule has 2 aromatic carbocycles. The van der Waals surface area contributed by atoms with E-state index in [1.54, 1.807) is 0 Å². The van der Waals surface area contributed by atoms with Crippen LogP contribution in [-0.2, 0) is 9.84 Å². The molecule has 0 aliphatic heterocycles. The Labute approximate surface area is 171 Å². The van der Waals surface area contributed by atoms with Crippen LogP contribution in [0.5, 0.6) is 0 Å². The highest BCUT2D eigenvalue weighted by molar-refractivity contribution is 7.92. The lowest BCUT2D eigenvalue weighted by Crippen LogP contribution is -2.17. The third-order valence-electron chi connectivity index (χ3n) is 4.87. The molecular formula is C20H17ClN4O3S. The van der Waals surface area contributed by atoms with Crippen LogP contribution in [0.3, 0.4) is 0 Å². The van der Waals surface area contributed by atoms with Crippen molar-refractivity contribution in [1.82, 2.24) is 14.8 Å². The first-order chi connectivity index (χ1) is 13.8. The minimum Gasteiger partial charge on any atom is -0.384 e. The van der Waals surface area contributed by atoms with Gasteiger partial charge >= 0.3 is 0 Å². The fourth-order valence-electron chi connectivity index (χ4n) is 3.46. The Morgan fingerprint density at radius 2 is 1.76 bits per heavy atom. The molecule has 0 bridgehead atoms. The van der Waals surface area contributed by atoms with Crippen molar-refractivity contribution in [2.45, 2.75) is 22.8 Å². The third kappa shape index (κ3) is 3.10. The predicted molar refractivity (Wildman–Crippen MR) is 112 cm³/mol. The Morgan fingerprint density at radius 3 is 2.41 bits per heavy atom. The number of nitrogen functional groups attached to an aromatic ring is 1. The van der Waals surface area contributed by atoms with Crippen LogP contribution in [0.4, 0.5) is 5.82 Å². The van der Waals surface area contributed by atoms with Gasteiger partial charge in [0.05, 0.1) is 17.1 Å². The zero-order valence-corrected chi connectivity index (χ0v) is 16.9. The van der Waals surface area contributed by atoms with Crippen LogP contribution in [0.1, 0.15) is 18.5 Å². The van der Waals surface area contributed by atoms with Crippen LogP contribution in [0.25, 0.3) is 10.9 Å². The lowest BCUT2D eigenvalue weighted by Gasteiger charge is -2.17. The fraction of sp³-hybridized carbons (Fsp3) is 0.100. The second kappa shape index (κ2) is 7.06. The van der Waals surface area contributed by atoms with Crippen molar-refractivity contribution in [3.63, 3.8) is 0 Å². The molecule has 148 valence electrons. The number of anilines is 1. The number of halogens is 1. The minimum atomic E-state index is -4.02. The summed E-state index contributed by atoms with van der Waals surface area (Å²) in [7, 11) is -4.02. The summed E-state index contributed by atoms with van der Waals surface area (Å²) in [6.07, 6.45) is 1.31. The highest BCUT2D eigenvalue weighted by Crippen LogP contribution is 2.37. The fourth-order valence-corrected chi connectivity index (χ4v) is 5.13. The van der Waals surface area contributed by atoms with Gasteiger partial charge in [0.15, 0.2) is 0 Å². The molecule has 0 radical (unpaired) electrons. The summed E-state index contributed by atoms with van der Waals surface area (Å²) in [4.78, 5) is 12.5. The zero-order chi connectivity index (χ0) is 20.8. The maximum Gasteiger partial charge on any atom is 0.288 e. The molecular weight excluding hydrogens is 412 g/mol. The number of nitrogens with two attached hydrogens (primary N) is 1. The lowest BCUT2D eigenvalue weighted by atomic mass is 10.1. The van der Waals surface area contributed by atoms with Gasteiger partial charge in [0.2, 0.25) is 9.84 Å². The van der Waals surface area contributed by atoms with Gasteiger partial charge in [-0.2, -0.15) is 5.10 Å². The van der Waals surface area contributed by atoms with E-state index in [0.717, 1.165) is 5.56 Å². The Kier molecular flexibility index (Phi) is 4.68. The lowest BCUT2D eigenvalue weighted by molar-refractivity contribution is 0.596. The topological polar surface area (TPSA) is 111 Å². The highest BCUT2D eigenvalue weighted by Gasteiger charge is 2.31. The molecule has 4 rings (SSSR count). The van der Waals surface area contributed by atoms with Gasteiger partial charge in [-0.3, -0.25) is 4.79 Å². The molecule has 0 saturated heterocycles. The number of benzene rings is 2. The summed E-state index contributed by atoms with van der Waals surface area (Å²) in [5.74, 6) is -0.0233. The molecule has 4 aromatic rings. The van der Waals surface area contributed by atoms with Crippen LogP contribution in [-0.4, -0.2) is 23.2 Å². The standard InChI is InChI=1S/C20H17ClN4O3S/c1-12(13-5-3-2-4-6-13)25-17-16(11-23-24-20(17)26)18(19(25)22)29(27,28)15-9-7-14(21)8-10-15/h2-12H,22H2,1H3,(H,24,26). The van der Waals surface area contributed by atoms with Crippen molar-refractivity contribution in [3.8, 4) is 0 Å². The number of nitrogens with one attached hydrogen (secondary N) is 1. The van der Waals surface area contributed by atoms with Crippen molar-refractivity contribution in [3.05, 3.63) is 81.7 Å². The second-order valence-electron chi connectivity index (χ2n) is 6.59. The van der Waals surface area contributed by atoms with Gasteiger partial charge in [-0.05, 0) is 36.8 Å². The molecule has 9 heteroatoms. The normalized spacial score (nSPS) is 12.9. The number of nitrogens with zero attached hydrogens (tertiary/aromatic N) is 2. The Morgan fingerprint density at radius 1 is 1.10 bits per heavy atom. The maximum absolute atomic E-state index is 13.4. The van der Waals surface area contributed by atoms with Gasteiger partial charge < -0.3 is 10.3 Å². The van der Waals surface area contributed by atoms with Crippen LogP contribution >= 0.6 is 11.6 Å². The van der Waals surface area contributed by atoms with E-state index in [9.17, 15) is 13.2 Å². The van der Waals surface area contributed by atoms with Crippen molar-refractivity contribution in [2.75, 3.05) is 5.73 Å². The number of rotatable bonds is 4. The number of aromatic amines is 1. The number of hydrogen-bond donors (Lipinski definition) is 2. The molecule has 0 fully saturated rings. The Bertz CT molecular complexity index is 1360. The van der Waals surface area contributed by atoms with Crippen LogP contribution < -0.4 is 11.3 Å². The maximum atomic E-state index is 13.4. The number of aromatic nitrogens is 3. The quantitative estimate of drug-likeness (QED) is 0.517. The number of sulfone groups is 1. The molecule has 1 unspecified atom stereocenters. The molecule has 2 aromatic heterocycles. The van der Waals surface area contributed by atoms with E-state index < -0.39 is 15.4 Å². The predicted octanol–water partition coefficient (Wildman–Crippen LogP) is 3.40. The van der Waals surface area contributed by atoms with E-state index in [0.29, 0.717) is 5.02 Å². The van der Waals surface area contributed by atoms with E-state index in [-0.39, 0.29) is 32.6 Å². The first-order valence-electron chi connectivity index (χ1n) is 8.75. The monoisotopic (exact) mass is 428 g/mol. The number of fused-ring (bicyclic) bond motifs is 1. The Balaban J connectivity index is 2.05. The van der Waals surface area contributed by atoms with Crippen molar-refractivity contribution in [2.24, 2.45) is 0 Å². The molecule has 7 nitrogen and oxygen atoms in total. The second-order valence-corrected chi connectivity index (χ2v) is 8.91. The van der Waals surface area contributed by atoms with Crippen LogP contribution in [0.2, 0.25) is 5.02 Å². The minimum absolute atomic E-state index is 0.0233. The average molecular weight is 429 g/mol. The molecule has 0 saturated carbocycles. The average Bonchev–Trinajstić information content (AvgIpc) is 3.02. The van der Waals surface area contributed by atoms with E-state index in [1.807, 2.05) is 37.3 Å². The first kappa shape index (κ1) is 19.2. The largest absolute Gasteiger partial charge is 0.384 e. The van der Waals surface area contributed by atoms with Gasteiger partial charge in [-0.15, -0.1) is 0 Å². The molecule has 0 amide bonds. The summed E-state index contributed by atoms with van der Waals surface area (Å²) in [5, 5.41) is 6.74. The van der Waals surface area contributed by atoms with Gasteiger partial charge in [0.1, 0.15) is 16.2 Å². The molecule has 0 spiro atoms. The molecule has 1 atom stereocenters. The third-order valence-corrected chi connectivity index (χ3v) is 6.98. The summed E-state index contributed by atoms with van der Waals surface area (Å²) >= 11 is 5.89. The SMILES string of the molecule is CC(c1ccccc1)n1c(N)c(S(=O)(=O)c2ccc(Cl)cc2)c2cn[nH]c(=O)c21. The van der Waals surface area contributed by atoms with Crippen molar-refractivity contribution in [1.29, 1.82) is 0 Å². The van der Waals surface area contributed by atoms with E-state index in [2.05, 4.69) is 10.2 Å². The van der Waals surface area contributed by atoms with Crippen molar-refractivity contribution < 1.29 is 8.42 Å². The van der Waals surface area contributed by atoms with Crippen LogP contribution in [0.15, 0.2) is 75.4 Å². The summed E-state index contributed by atoms with van der Waals surface area (Å²) < 4.78 is 28.3. The van der Waals surface area contributed by atoms with Gasteiger partial charge in [0, 0.05) is 10.4 Å². The summed E-state index contributed by atoms with van der Waals surface area (Å²) in [5.41, 5.74) is 6.87. The zero-order valence-electron chi connectivity index (χ0n) is 15.3. The molecule has 2 heterocycles. The van der Waals surface area contributed by atoms with E-state index in [4.69, 9.17) is 17.3 Å². The van der Waals surface area contributed by atoms with Crippen LogP contribution in [0, 0.1) is 0 Å². The summed E-state index contributed by atoms with van der Waals surface area (Å²) in [6.45, 7) is 1.85. The smallest absolute Gasteiger partial charge is 0.288 e. The summed E-state index contributed by atoms with van der Waals surface area (Å²) in [6, 6.07) is 14.8. The van der Waals surface area contributed by atoms with Gasteiger partial charge in [-0.25, -0.2) is 13.5 Å². The van der Waals surface area contributed by atoms with Gasteiger partial charge in [-0.1, -0.05) is 41.9 Å². The highest BCUT2D eigenvalue weighted by atomic mass is 35.5. The molecule has 29 heavy (non-hydrogen) atoms. The van der Waals surface area contributed by atoms with E-state index >= 15 is 0 Å². The Hall–Kier alpha value is -3.10. The van der Waals surface area contributed by atoms with E-state index in [1.165, 1.54) is 35.0 Å². The number of H-pyrrole nitrogens is 1. The molecule has 0 aliphatic carbocycles. The van der Waals surface area contributed by atoms with Gasteiger partial charge in [0.25, 0.3) is 5.56 Å². The number of hydrogen-bond acceptors (Lipinski definition) is 5.